The molecule has 126 valence electrons. The van der Waals surface area contributed by atoms with Gasteiger partial charge in [-0.25, -0.2) is 4.79 Å². The van der Waals surface area contributed by atoms with Crippen molar-refractivity contribution < 1.29 is 19.5 Å². The first kappa shape index (κ1) is 19.3. The second-order valence-electron chi connectivity index (χ2n) is 5.00. The number of halogens is 2. The van der Waals surface area contributed by atoms with Gasteiger partial charge in [-0.1, -0.05) is 29.3 Å². The molecular weight excluding hydrogens is 343 g/mol. The standard InChI is InChI=1S/C15H18Cl2N2O4/c1-9(15(22)23)19(6-5-18-10(2)20)14(21)7-11-3-4-12(16)8-13(11)17/h3-4,8-9H,5-7H2,1-2H3,(H,18,20)(H,22,23). The average molecular weight is 361 g/mol. The first-order chi connectivity index (χ1) is 10.7. The van der Waals surface area contributed by atoms with Crippen LogP contribution in [0.3, 0.4) is 0 Å². The zero-order valence-electron chi connectivity index (χ0n) is 12.8. The Morgan fingerprint density at radius 2 is 1.96 bits per heavy atom. The Kier molecular flexibility index (Phi) is 7.32. The highest BCUT2D eigenvalue weighted by Gasteiger charge is 2.25. The number of nitrogens with zero attached hydrogens (tertiary/aromatic N) is 1. The van der Waals surface area contributed by atoms with Crippen LogP contribution in [-0.2, 0) is 20.8 Å². The highest BCUT2D eigenvalue weighted by atomic mass is 35.5. The van der Waals surface area contributed by atoms with Gasteiger partial charge in [0.05, 0.1) is 6.42 Å². The molecule has 0 spiro atoms. The first-order valence-corrected chi connectivity index (χ1v) is 7.68. The van der Waals surface area contributed by atoms with E-state index in [1.807, 2.05) is 0 Å². The van der Waals surface area contributed by atoms with Gasteiger partial charge >= 0.3 is 5.97 Å². The molecule has 2 amide bonds. The van der Waals surface area contributed by atoms with Gasteiger partial charge in [-0.2, -0.15) is 0 Å². The molecule has 8 heteroatoms. The molecule has 1 rings (SSSR count). The van der Waals surface area contributed by atoms with Crippen molar-refractivity contribution in [2.75, 3.05) is 13.1 Å². The number of carbonyl (C=O) groups is 3. The van der Waals surface area contributed by atoms with E-state index in [0.29, 0.717) is 15.6 Å². The second-order valence-corrected chi connectivity index (χ2v) is 5.84. The Hall–Kier alpha value is -1.79. The predicted molar refractivity (Wildman–Crippen MR) is 87.7 cm³/mol. The van der Waals surface area contributed by atoms with Gasteiger partial charge in [-0.3, -0.25) is 9.59 Å². The molecule has 2 N–H and O–H groups in total. The average Bonchev–Trinajstić information content (AvgIpc) is 2.45. The number of hydrogen-bond acceptors (Lipinski definition) is 3. The molecule has 0 aromatic heterocycles. The second kappa shape index (κ2) is 8.74. The topological polar surface area (TPSA) is 86.7 Å². The van der Waals surface area contributed by atoms with Crippen molar-refractivity contribution in [3.8, 4) is 0 Å². The normalized spacial score (nSPS) is 11.7. The van der Waals surface area contributed by atoms with Crippen LogP contribution in [-0.4, -0.2) is 46.9 Å². The number of carbonyl (C=O) groups excluding carboxylic acids is 2. The smallest absolute Gasteiger partial charge is 0.326 e. The van der Waals surface area contributed by atoms with Gasteiger partial charge in [0, 0.05) is 30.1 Å². The molecule has 0 bridgehead atoms. The summed E-state index contributed by atoms with van der Waals surface area (Å²) >= 11 is 11.8. The molecule has 0 fully saturated rings. The molecule has 0 radical (unpaired) electrons. The van der Waals surface area contributed by atoms with Crippen molar-refractivity contribution in [1.82, 2.24) is 10.2 Å². The molecule has 0 saturated heterocycles. The van der Waals surface area contributed by atoms with E-state index in [1.165, 1.54) is 24.8 Å². The number of carboxylic acid groups (broad SMARTS) is 1. The van der Waals surface area contributed by atoms with Crippen molar-refractivity contribution in [3.63, 3.8) is 0 Å². The van der Waals surface area contributed by atoms with E-state index in [4.69, 9.17) is 28.3 Å². The summed E-state index contributed by atoms with van der Waals surface area (Å²) < 4.78 is 0. The van der Waals surface area contributed by atoms with Crippen LogP contribution in [0.5, 0.6) is 0 Å². The molecule has 6 nitrogen and oxygen atoms in total. The number of rotatable bonds is 7. The van der Waals surface area contributed by atoms with E-state index < -0.39 is 17.9 Å². The van der Waals surface area contributed by atoms with Crippen molar-refractivity contribution in [3.05, 3.63) is 33.8 Å². The Bertz CT molecular complexity index is 607. The molecule has 1 atom stereocenters. The zero-order chi connectivity index (χ0) is 17.6. The van der Waals surface area contributed by atoms with Crippen molar-refractivity contribution in [2.45, 2.75) is 26.3 Å². The Balaban J connectivity index is 2.85. The van der Waals surface area contributed by atoms with Gasteiger partial charge in [-0.05, 0) is 24.6 Å². The lowest BCUT2D eigenvalue weighted by Crippen LogP contribution is -2.47. The predicted octanol–water partition coefficient (Wildman–Crippen LogP) is 1.97. The summed E-state index contributed by atoms with van der Waals surface area (Å²) in [6, 6.07) is 3.74. The summed E-state index contributed by atoms with van der Waals surface area (Å²) in [6.07, 6.45) is -0.0479. The number of amides is 2. The highest BCUT2D eigenvalue weighted by molar-refractivity contribution is 6.35. The molecule has 0 aliphatic carbocycles. The Morgan fingerprint density at radius 1 is 1.30 bits per heavy atom. The van der Waals surface area contributed by atoms with E-state index >= 15 is 0 Å². The summed E-state index contributed by atoms with van der Waals surface area (Å²) in [4.78, 5) is 35.7. The number of aliphatic carboxylic acids is 1. The van der Waals surface area contributed by atoms with Gasteiger partial charge in [0.2, 0.25) is 11.8 Å². The molecule has 1 unspecified atom stereocenters. The van der Waals surface area contributed by atoms with Gasteiger partial charge < -0.3 is 15.3 Å². The molecule has 0 aliphatic heterocycles. The van der Waals surface area contributed by atoms with Gasteiger partial charge in [0.15, 0.2) is 0 Å². The molecule has 0 heterocycles. The lowest BCUT2D eigenvalue weighted by molar-refractivity contribution is -0.149. The summed E-state index contributed by atoms with van der Waals surface area (Å²) in [5, 5.41) is 12.5. The fourth-order valence-corrected chi connectivity index (χ4v) is 2.42. The summed E-state index contributed by atoms with van der Waals surface area (Å²) in [5.74, 6) is -1.76. The fraction of sp³-hybridized carbons (Fsp3) is 0.400. The van der Waals surface area contributed by atoms with E-state index in [-0.39, 0.29) is 25.4 Å². The molecular formula is C15H18Cl2N2O4. The van der Waals surface area contributed by atoms with E-state index in [2.05, 4.69) is 5.32 Å². The van der Waals surface area contributed by atoms with Crippen LogP contribution in [0.1, 0.15) is 19.4 Å². The molecule has 1 aromatic rings. The number of nitrogens with one attached hydrogen (secondary N) is 1. The van der Waals surface area contributed by atoms with Crippen molar-refractivity contribution in [2.24, 2.45) is 0 Å². The Labute approximate surface area is 144 Å². The lowest BCUT2D eigenvalue weighted by atomic mass is 10.1. The molecule has 0 aliphatic rings. The SMILES string of the molecule is CC(=O)NCCN(C(=O)Cc1ccc(Cl)cc1Cl)C(C)C(=O)O. The minimum absolute atomic E-state index is 0.0479. The van der Waals surface area contributed by atoms with Crippen LogP contribution < -0.4 is 5.32 Å². The van der Waals surface area contributed by atoms with Crippen LogP contribution in [0.2, 0.25) is 10.0 Å². The largest absolute Gasteiger partial charge is 0.480 e. The first-order valence-electron chi connectivity index (χ1n) is 6.93. The summed E-state index contributed by atoms with van der Waals surface area (Å²) in [5.41, 5.74) is 0.559. The highest BCUT2D eigenvalue weighted by Crippen LogP contribution is 2.22. The van der Waals surface area contributed by atoms with Crippen molar-refractivity contribution in [1.29, 1.82) is 0 Å². The maximum absolute atomic E-state index is 12.4. The van der Waals surface area contributed by atoms with Gasteiger partial charge in [0.1, 0.15) is 6.04 Å². The summed E-state index contributed by atoms with van der Waals surface area (Å²) in [7, 11) is 0. The van der Waals surface area contributed by atoms with Crippen LogP contribution in [0.4, 0.5) is 0 Å². The van der Waals surface area contributed by atoms with Crippen LogP contribution in [0, 0.1) is 0 Å². The lowest BCUT2D eigenvalue weighted by Gasteiger charge is -2.27. The Morgan fingerprint density at radius 3 is 2.48 bits per heavy atom. The quantitative estimate of drug-likeness (QED) is 0.778. The molecule has 1 aromatic carbocycles. The third-order valence-electron chi connectivity index (χ3n) is 3.23. The maximum atomic E-state index is 12.4. The monoisotopic (exact) mass is 360 g/mol. The number of carboxylic acids is 1. The summed E-state index contributed by atoms with van der Waals surface area (Å²) in [6.45, 7) is 3.03. The van der Waals surface area contributed by atoms with Crippen molar-refractivity contribution >= 4 is 41.0 Å². The van der Waals surface area contributed by atoms with E-state index in [9.17, 15) is 14.4 Å². The van der Waals surface area contributed by atoms with Crippen LogP contribution in [0.15, 0.2) is 18.2 Å². The molecule has 0 saturated carbocycles. The van der Waals surface area contributed by atoms with E-state index in [0.717, 1.165) is 0 Å². The third kappa shape index (κ3) is 6.08. The maximum Gasteiger partial charge on any atom is 0.326 e. The molecule has 23 heavy (non-hydrogen) atoms. The van der Waals surface area contributed by atoms with Gasteiger partial charge in [0.25, 0.3) is 0 Å². The minimum atomic E-state index is -1.12. The van der Waals surface area contributed by atoms with Crippen LogP contribution >= 0.6 is 23.2 Å². The zero-order valence-corrected chi connectivity index (χ0v) is 14.3. The fourth-order valence-electron chi connectivity index (χ4n) is 1.95. The van der Waals surface area contributed by atoms with Crippen LogP contribution in [0.25, 0.3) is 0 Å². The third-order valence-corrected chi connectivity index (χ3v) is 3.82. The minimum Gasteiger partial charge on any atom is -0.480 e. The number of benzene rings is 1. The number of hydrogen-bond donors (Lipinski definition) is 2. The van der Waals surface area contributed by atoms with Gasteiger partial charge in [-0.15, -0.1) is 0 Å². The van der Waals surface area contributed by atoms with E-state index in [1.54, 1.807) is 12.1 Å².